The Balaban J connectivity index is 2.24. The highest BCUT2D eigenvalue weighted by molar-refractivity contribution is 5.40. The van der Waals surface area contributed by atoms with Crippen LogP contribution >= 0.6 is 0 Å². The Labute approximate surface area is 95.7 Å². The van der Waals surface area contributed by atoms with Crippen molar-refractivity contribution < 1.29 is 4.74 Å². The van der Waals surface area contributed by atoms with E-state index in [1.165, 1.54) is 5.56 Å². The van der Waals surface area contributed by atoms with E-state index in [-0.39, 0.29) is 0 Å². The molecular formula is C15H12O. The summed E-state index contributed by atoms with van der Waals surface area (Å²) in [6.45, 7) is 2.03. The van der Waals surface area contributed by atoms with E-state index in [4.69, 9.17) is 11.2 Å². The number of rotatable bonds is 2. The molecule has 2 aromatic rings. The Hall–Kier alpha value is -2.20. The molecule has 0 saturated carbocycles. The summed E-state index contributed by atoms with van der Waals surface area (Å²) < 4.78 is 5.71. The highest BCUT2D eigenvalue weighted by Crippen LogP contribution is 2.22. The van der Waals surface area contributed by atoms with Gasteiger partial charge in [0.05, 0.1) is 0 Å². The van der Waals surface area contributed by atoms with Crippen molar-refractivity contribution in [3.8, 4) is 23.8 Å². The molecule has 78 valence electrons. The topological polar surface area (TPSA) is 9.23 Å². The highest BCUT2D eigenvalue weighted by atomic mass is 16.5. The molecule has 1 heteroatoms. The Bertz CT molecular complexity index is 535. The largest absolute Gasteiger partial charge is 0.457 e. The average molecular weight is 208 g/mol. The lowest BCUT2D eigenvalue weighted by Crippen LogP contribution is -1.85. The molecule has 2 rings (SSSR count). The lowest BCUT2D eigenvalue weighted by molar-refractivity contribution is 0.482. The maximum absolute atomic E-state index is 5.71. The molecule has 0 spiro atoms. The molecule has 0 aromatic heterocycles. The molecule has 0 N–H and O–H groups in total. The first kappa shape index (κ1) is 10.3. The van der Waals surface area contributed by atoms with Gasteiger partial charge in [0.2, 0.25) is 0 Å². The molecule has 0 atom stereocenters. The summed E-state index contributed by atoms with van der Waals surface area (Å²) >= 11 is 0. The lowest BCUT2D eigenvalue weighted by atomic mass is 10.2. The van der Waals surface area contributed by atoms with E-state index in [1.54, 1.807) is 0 Å². The van der Waals surface area contributed by atoms with Gasteiger partial charge in [0, 0.05) is 5.56 Å². The van der Waals surface area contributed by atoms with Gasteiger partial charge in [0.25, 0.3) is 0 Å². The molecule has 2 aromatic carbocycles. The summed E-state index contributed by atoms with van der Waals surface area (Å²) in [5, 5.41) is 0. The molecule has 0 aliphatic rings. The van der Waals surface area contributed by atoms with Crippen LogP contribution in [0.1, 0.15) is 11.1 Å². The van der Waals surface area contributed by atoms with Gasteiger partial charge in [-0.25, -0.2) is 0 Å². The zero-order valence-electron chi connectivity index (χ0n) is 9.10. The summed E-state index contributed by atoms with van der Waals surface area (Å²) in [4.78, 5) is 0. The van der Waals surface area contributed by atoms with Crippen LogP contribution in [0.2, 0.25) is 0 Å². The van der Waals surface area contributed by atoms with Gasteiger partial charge in [-0.3, -0.25) is 0 Å². The summed E-state index contributed by atoms with van der Waals surface area (Å²) in [5.74, 6) is 4.18. The van der Waals surface area contributed by atoms with Crippen LogP contribution in [0.4, 0.5) is 0 Å². The predicted octanol–water partition coefficient (Wildman–Crippen LogP) is 3.77. The lowest BCUT2D eigenvalue weighted by Gasteiger charge is -2.06. The van der Waals surface area contributed by atoms with E-state index in [0.29, 0.717) is 0 Å². The summed E-state index contributed by atoms with van der Waals surface area (Å²) in [5.41, 5.74) is 2.00. The van der Waals surface area contributed by atoms with Crippen molar-refractivity contribution >= 4 is 0 Å². The van der Waals surface area contributed by atoms with Gasteiger partial charge in [0.1, 0.15) is 11.5 Å². The predicted molar refractivity (Wildman–Crippen MR) is 65.6 cm³/mol. The smallest absolute Gasteiger partial charge is 0.128 e. The molecule has 0 aliphatic carbocycles. The Morgan fingerprint density at radius 3 is 2.38 bits per heavy atom. The molecule has 0 amide bonds. The van der Waals surface area contributed by atoms with Crippen LogP contribution in [0, 0.1) is 19.3 Å². The van der Waals surface area contributed by atoms with Crippen LogP contribution in [-0.4, -0.2) is 0 Å². The standard InChI is InChI=1S/C15H12O/c1-3-13-7-5-9-15(11-13)16-14-8-4-6-12(2)10-14/h1,4-11H,2H3. The van der Waals surface area contributed by atoms with Crippen LogP contribution in [0.25, 0.3) is 0 Å². The molecule has 0 fully saturated rings. The minimum atomic E-state index is 0.765. The molecule has 16 heavy (non-hydrogen) atoms. The van der Waals surface area contributed by atoms with Gasteiger partial charge in [-0.1, -0.05) is 24.1 Å². The Morgan fingerprint density at radius 2 is 1.69 bits per heavy atom. The van der Waals surface area contributed by atoms with Gasteiger partial charge >= 0.3 is 0 Å². The molecule has 1 nitrogen and oxygen atoms in total. The van der Waals surface area contributed by atoms with E-state index >= 15 is 0 Å². The molecule has 0 radical (unpaired) electrons. The third kappa shape index (κ3) is 2.43. The van der Waals surface area contributed by atoms with E-state index in [0.717, 1.165) is 17.1 Å². The summed E-state index contributed by atoms with van der Waals surface area (Å²) in [6, 6.07) is 15.4. The van der Waals surface area contributed by atoms with E-state index in [2.05, 4.69) is 5.92 Å². The maximum Gasteiger partial charge on any atom is 0.128 e. The van der Waals surface area contributed by atoms with E-state index in [9.17, 15) is 0 Å². The van der Waals surface area contributed by atoms with Gasteiger partial charge < -0.3 is 4.74 Å². The second kappa shape index (κ2) is 4.55. The van der Waals surface area contributed by atoms with Crippen molar-refractivity contribution in [2.24, 2.45) is 0 Å². The first-order valence-electron chi connectivity index (χ1n) is 5.09. The quantitative estimate of drug-likeness (QED) is 0.683. The van der Waals surface area contributed by atoms with Crippen molar-refractivity contribution in [1.29, 1.82) is 0 Å². The fraction of sp³-hybridized carbons (Fsp3) is 0.0667. The van der Waals surface area contributed by atoms with Gasteiger partial charge in [-0.15, -0.1) is 6.42 Å². The van der Waals surface area contributed by atoms with E-state index < -0.39 is 0 Å². The molecule has 0 aliphatic heterocycles. The van der Waals surface area contributed by atoms with Gasteiger partial charge in [-0.05, 0) is 42.8 Å². The normalized spacial score (nSPS) is 9.50. The molecule has 0 unspecified atom stereocenters. The van der Waals surface area contributed by atoms with Gasteiger partial charge in [-0.2, -0.15) is 0 Å². The van der Waals surface area contributed by atoms with Crippen molar-refractivity contribution in [1.82, 2.24) is 0 Å². The minimum Gasteiger partial charge on any atom is -0.457 e. The average Bonchev–Trinajstić information content (AvgIpc) is 2.29. The van der Waals surface area contributed by atoms with Crippen LogP contribution in [0.5, 0.6) is 11.5 Å². The number of ether oxygens (including phenoxy) is 1. The maximum atomic E-state index is 5.71. The monoisotopic (exact) mass is 208 g/mol. The number of terminal acetylenes is 1. The zero-order valence-corrected chi connectivity index (χ0v) is 9.10. The fourth-order valence-electron chi connectivity index (χ4n) is 1.46. The first-order valence-corrected chi connectivity index (χ1v) is 5.09. The number of hydrogen-bond acceptors (Lipinski definition) is 1. The SMILES string of the molecule is C#Cc1cccc(Oc2cccc(C)c2)c1. The van der Waals surface area contributed by atoms with Crippen LogP contribution in [0.15, 0.2) is 48.5 Å². The molecule has 0 bridgehead atoms. The van der Waals surface area contributed by atoms with E-state index in [1.807, 2.05) is 55.5 Å². The van der Waals surface area contributed by atoms with Crippen molar-refractivity contribution in [3.05, 3.63) is 59.7 Å². The van der Waals surface area contributed by atoms with Crippen molar-refractivity contribution in [3.63, 3.8) is 0 Å². The number of hydrogen-bond donors (Lipinski definition) is 0. The van der Waals surface area contributed by atoms with Crippen LogP contribution in [-0.2, 0) is 0 Å². The number of aryl methyl sites for hydroxylation is 1. The Kier molecular flexibility index (Phi) is 2.93. The first-order chi connectivity index (χ1) is 7.78. The summed E-state index contributed by atoms with van der Waals surface area (Å²) in [6.07, 6.45) is 5.33. The second-order valence-electron chi connectivity index (χ2n) is 3.59. The third-order valence-electron chi connectivity index (χ3n) is 2.23. The van der Waals surface area contributed by atoms with Crippen molar-refractivity contribution in [2.75, 3.05) is 0 Å². The van der Waals surface area contributed by atoms with Crippen LogP contribution < -0.4 is 4.74 Å². The fourth-order valence-corrected chi connectivity index (χ4v) is 1.46. The zero-order chi connectivity index (χ0) is 11.4. The van der Waals surface area contributed by atoms with Crippen molar-refractivity contribution in [2.45, 2.75) is 6.92 Å². The second-order valence-corrected chi connectivity index (χ2v) is 3.59. The molecule has 0 heterocycles. The third-order valence-corrected chi connectivity index (χ3v) is 2.23. The number of benzene rings is 2. The van der Waals surface area contributed by atoms with Gasteiger partial charge in [0.15, 0.2) is 0 Å². The molecular weight excluding hydrogens is 196 g/mol. The summed E-state index contributed by atoms with van der Waals surface area (Å²) in [7, 11) is 0. The van der Waals surface area contributed by atoms with Crippen LogP contribution in [0.3, 0.4) is 0 Å². The highest BCUT2D eigenvalue weighted by Gasteiger charge is 1.97. The molecule has 0 saturated heterocycles. The minimum absolute atomic E-state index is 0.765. The Morgan fingerprint density at radius 1 is 1.00 bits per heavy atom.